The monoisotopic (exact) mass is 875 g/mol. The summed E-state index contributed by atoms with van der Waals surface area (Å²) in [6.07, 6.45) is 18.7. The highest BCUT2D eigenvalue weighted by atomic mass is 16.6. The average Bonchev–Trinajstić information content (AvgIpc) is 3.23. The van der Waals surface area contributed by atoms with Crippen LogP contribution in [-0.4, -0.2) is 90.5 Å². The molecule has 0 saturated heterocycles. The summed E-state index contributed by atoms with van der Waals surface area (Å²) in [5.74, 6) is 5.36. The van der Waals surface area contributed by atoms with E-state index in [9.17, 15) is 0 Å². The number of aryl methyl sites for hydroxylation is 2. The van der Waals surface area contributed by atoms with Gasteiger partial charge in [-0.3, -0.25) is 0 Å². The topological polar surface area (TPSA) is 83.1 Å². The third-order valence-corrected chi connectivity index (χ3v) is 13.6. The zero-order valence-corrected chi connectivity index (χ0v) is 40.4. The van der Waals surface area contributed by atoms with Gasteiger partial charge < -0.3 is 42.6 Å². The van der Waals surface area contributed by atoms with Crippen LogP contribution < -0.4 is 18.9 Å². The van der Waals surface area contributed by atoms with Gasteiger partial charge >= 0.3 is 0 Å². The lowest BCUT2D eigenvalue weighted by Crippen LogP contribution is -2.45. The molecule has 2 aliphatic carbocycles. The van der Waals surface area contributed by atoms with E-state index in [1.807, 2.05) is 0 Å². The average molecular weight is 875 g/mol. The lowest BCUT2D eigenvalue weighted by Gasteiger charge is -2.46. The maximum atomic E-state index is 6.72. The molecule has 0 unspecified atom stereocenters. The van der Waals surface area contributed by atoms with Gasteiger partial charge in [-0.2, -0.15) is 0 Å². The van der Waals surface area contributed by atoms with Crippen molar-refractivity contribution in [2.75, 3.05) is 79.3 Å². The Morgan fingerprint density at radius 2 is 0.841 bits per heavy atom. The van der Waals surface area contributed by atoms with Gasteiger partial charge in [0.25, 0.3) is 0 Å². The van der Waals surface area contributed by atoms with Crippen molar-refractivity contribution in [2.24, 2.45) is 11.8 Å². The van der Waals surface area contributed by atoms with E-state index in [2.05, 4.69) is 91.8 Å². The number of hydrogen-bond acceptors (Lipinski definition) is 9. The minimum absolute atomic E-state index is 0.212. The summed E-state index contributed by atoms with van der Waals surface area (Å²) in [6, 6.07) is 9.05. The number of rotatable bonds is 28. The highest BCUT2D eigenvalue weighted by Crippen LogP contribution is 2.55. The number of allylic oxidation sites excluding steroid dienone is 4. The second kappa shape index (κ2) is 24.4. The van der Waals surface area contributed by atoms with Crippen LogP contribution in [0.15, 0.2) is 47.6 Å². The van der Waals surface area contributed by atoms with Crippen molar-refractivity contribution in [3.05, 3.63) is 69.8 Å². The Kier molecular flexibility index (Phi) is 19.2. The van der Waals surface area contributed by atoms with E-state index in [4.69, 9.17) is 42.6 Å². The lowest BCUT2D eigenvalue weighted by molar-refractivity contribution is -0.0145. The fraction of sp³-hybridized carbons (Fsp3) is 0.704. The summed E-state index contributed by atoms with van der Waals surface area (Å²) >= 11 is 0. The summed E-state index contributed by atoms with van der Waals surface area (Å²) in [5.41, 5.74) is 7.48. The molecule has 2 aliphatic heterocycles. The Morgan fingerprint density at radius 1 is 0.492 bits per heavy atom. The molecule has 0 fully saturated rings. The predicted molar refractivity (Wildman–Crippen MR) is 252 cm³/mol. The van der Waals surface area contributed by atoms with Crippen molar-refractivity contribution >= 4 is 0 Å². The van der Waals surface area contributed by atoms with Crippen molar-refractivity contribution in [1.82, 2.24) is 0 Å². The smallest absolute Gasteiger partial charge is 0.127 e. The molecule has 9 nitrogen and oxygen atoms in total. The fourth-order valence-corrected chi connectivity index (χ4v) is 10.2. The molecular weight excluding hydrogens is 793 g/mol. The third kappa shape index (κ3) is 14.0. The first kappa shape index (κ1) is 49.4. The van der Waals surface area contributed by atoms with E-state index < -0.39 is 0 Å². The fourth-order valence-electron chi connectivity index (χ4n) is 10.2. The predicted octanol–water partition coefficient (Wildman–Crippen LogP) is 11.9. The van der Waals surface area contributed by atoms with Crippen molar-refractivity contribution in [1.29, 1.82) is 0 Å². The van der Waals surface area contributed by atoms with Gasteiger partial charge in [-0.1, -0.05) is 62.8 Å². The van der Waals surface area contributed by atoms with Crippen LogP contribution in [-0.2, 0) is 36.5 Å². The minimum atomic E-state index is -0.212. The molecule has 4 atom stereocenters. The van der Waals surface area contributed by atoms with Crippen molar-refractivity contribution < 1.29 is 42.6 Å². The van der Waals surface area contributed by atoms with Crippen LogP contribution in [0.1, 0.15) is 154 Å². The number of ether oxygens (including phenoxy) is 9. The molecule has 352 valence electrons. The van der Waals surface area contributed by atoms with Crippen LogP contribution >= 0.6 is 0 Å². The largest absolute Gasteiger partial charge is 0.491 e. The lowest BCUT2D eigenvalue weighted by atomic mass is 9.68. The van der Waals surface area contributed by atoms with Crippen LogP contribution in [0.3, 0.4) is 0 Å². The highest BCUT2D eigenvalue weighted by Gasteiger charge is 2.47. The SMILES string of the molecule is CCCCCc1cc(OCCOCCOCCOCCOCCOCCOc2cc(CCCCC)cc3c2[C@@H]2C=C(C)CC[C@H]2C(C)(C)O3)c2c(c1)OC(C)(C)[C@@H]1CCC(C)=C[C@@H]21. The van der Waals surface area contributed by atoms with Crippen LogP contribution in [0, 0.1) is 11.8 Å². The summed E-state index contributed by atoms with van der Waals surface area (Å²) in [4.78, 5) is 0. The van der Waals surface area contributed by atoms with Gasteiger partial charge in [0.2, 0.25) is 0 Å². The first-order valence-corrected chi connectivity index (χ1v) is 24.7. The van der Waals surface area contributed by atoms with Crippen LogP contribution in [0.4, 0.5) is 0 Å². The van der Waals surface area contributed by atoms with Crippen LogP contribution in [0.25, 0.3) is 0 Å². The molecule has 0 N–H and O–H groups in total. The number of fused-ring (bicyclic) bond motifs is 6. The summed E-state index contributed by atoms with van der Waals surface area (Å²) < 4.78 is 55.3. The Balaban J connectivity index is 0.814. The molecule has 0 aromatic heterocycles. The second-order valence-electron chi connectivity index (χ2n) is 19.5. The molecule has 2 aromatic carbocycles. The van der Waals surface area contributed by atoms with Crippen LogP contribution in [0.5, 0.6) is 23.0 Å². The Bertz CT molecular complexity index is 1650. The van der Waals surface area contributed by atoms with Gasteiger partial charge in [0.15, 0.2) is 0 Å². The molecule has 0 amide bonds. The standard InChI is InChI=1S/C54H82O9/c1-9-11-13-15-41-35-47(51-43-33-39(3)17-19-45(43)53(5,6)62-49(51)37-41)60-31-29-58-27-25-56-23-21-55-22-24-57-26-28-59-30-32-61-48-36-42(16-14-12-10-2)38-50-52(48)44-34-40(4)18-20-46(44)54(7,8)63-50/h33-38,43-46H,9-32H2,1-8H3/t43-,44-,45-,46-/m1/s1. The molecule has 6 rings (SSSR count). The Morgan fingerprint density at radius 3 is 1.19 bits per heavy atom. The van der Waals surface area contributed by atoms with Gasteiger partial charge in [-0.25, -0.2) is 0 Å². The highest BCUT2D eigenvalue weighted by molar-refractivity contribution is 5.56. The van der Waals surface area contributed by atoms with E-state index in [1.165, 1.54) is 71.9 Å². The first-order chi connectivity index (χ1) is 30.5. The van der Waals surface area contributed by atoms with E-state index in [0.717, 1.165) is 61.5 Å². The molecule has 0 bridgehead atoms. The van der Waals surface area contributed by atoms with Crippen molar-refractivity contribution in [3.63, 3.8) is 0 Å². The number of unbranched alkanes of at least 4 members (excludes halogenated alkanes) is 4. The van der Waals surface area contributed by atoms with Gasteiger partial charge in [0, 0.05) is 34.8 Å². The molecule has 4 aliphatic rings. The third-order valence-electron chi connectivity index (χ3n) is 13.6. The van der Waals surface area contributed by atoms with E-state index in [1.54, 1.807) is 0 Å². The second-order valence-corrected chi connectivity index (χ2v) is 19.5. The summed E-state index contributed by atoms with van der Waals surface area (Å²) in [5, 5.41) is 0. The van der Waals surface area contributed by atoms with Gasteiger partial charge in [-0.05, 0) is 128 Å². The number of benzene rings is 2. The first-order valence-electron chi connectivity index (χ1n) is 24.7. The van der Waals surface area contributed by atoms with Crippen LogP contribution in [0.2, 0.25) is 0 Å². The zero-order valence-electron chi connectivity index (χ0n) is 40.4. The molecular formula is C54H82O9. The molecule has 0 saturated carbocycles. The van der Waals surface area contributed by atoms with Gasteiger partial charge in [0.1, 0.15) is 47.4 Å². The normalized spacial score (nSPS) is 21.8. The summed E-state index contributed by atoms with van der Waals surface area (Å²) in [6.45, 7) is 24.1. The Labute approximate surface area is 380 Å². The maximum Gasteiger partial charge on any atom is 0.127 e. The molecule has 2 heterocycles. The van der Waals surface area contributed by atoms with Crippen molar-refractivity contribution in [3.8, 4) is 23.0 Å². The number of hydrogen-bond donors (Lipinski definition) is 0. The Hall–Kier alpha value is -3.08. The minimum Gasteiger partial charge on any atom is -0.491 e. The zero-order chi connectivity index (χ0) is 44.7. The molecule has 2 aromatic rings. The molecule has 0 spiro atoms. The van der Waals surface area contributed by atoms with Gasteiger partial charge in [0.05, 0.1) is 66.1 Å². The molecule has 63 heavy (non-hydrogen) atoms. The molecule has 9 heteroatoms. The maximum absolute atomic E-state index is 6.72. The van der Waals surface area contributed by atoms with E-state index in [0.29, 0.717) is 103 Å². The molecule has 0 radical (unpaired) electrons. The van der Waals surface area contributed by atoms with E-state index in [-0.39, 0.29) is 11.2 Å². The quantitative estimate of drug-likeness (QED) is 0.0613. The van der Waals surface area contributed by atoms with Crippen molar-refractivity contribution in [2.45, 2.75) is 155 Å². The van der Waals surface area contributed by atoms with E-state index >= 15 is 0 Å². The van der Waals surface area contributed by atoms with Gasteiger partial charge in [-0.15, -0.1) is 0 Å². The summed E-state index contributed by atoms with van der Waals surface area (Å²) in [7, 11) is 0.